The van der Waals surface area contributed by atoms with E-state index in [4.69, 9.17) is 44.9 Å². The van der Waals surface area contributed by atoms with E-state index in [0.717, 1.165) is 83.5 Å². The summed E-state index contributed by atoms with van der Waals surface area (Å²) in [6.07, 6.45) is 0. The van der Waals surface area contributed by atoms with E-state index in [1.54, 1.807) is 0 Å². The van der Waals surface area contributed by atoms with E-state index >= 15 is 0 Å². The van der Waals surface area contributed by atoms with Crippen LogP contribution in [-0.2, 0) is 0 Å². The highest BCUT2D eigenvalue weighted by Gasteiger charge is 2.22. The number of rotatable bonds is 19. The van der Waals surface area contributed by atoms with Crippen molar-refractivity contribution in [2.45, 2.75) is 62.3 Å². The molecule has 0 atom stereocenters. The zero-order chi connectivity index (χ0) is 101. The molecule has 712 valence electrons. The van der Waals surface area contributed by atoms with Gasteiger partial charge in [0.1, 0.15) is 0 Å². The Bertz CT molecular complexity index is 8550. The van der Waals surface area contributed by atoms with Gasteiger partial charge in [0, 0.05) is 50.1 Å². The maximum atomic E-state index is 5.18. The Morgan fingerprint density at radius 2 is 0.275 bits per heavy atom. The van der Waals surface area contributed by atoms with Crippen molar-refractivity contribution in [3.05, 3.63) is 535 Å². The molecule has 24 rings (SSSR count). The Labute approximate surface area is 871 Å². The lowest BCUT2D eigenvalue weighted by Crippen LogP contribution is -2.00. The third kappa shape index (κ3) is 21.9. The van der Waals surface area contributed by atoms with Crippen LogP contribution in [0, 0.1) is 62.3 Å². The lowest BCUT2D eigenvalue weighted by atomic mass is 9.91. The van der Waals surface area contributed by atoms with Gasteiger partial charge in [0.2, 0.25) is 0 Å². The minimum atomic E-state index is 0.625. The number of nitrogens with zero attached hydrogens (tertiary/aromatic N) is 9. The minimum Gasteiger partial charge on any atom is -0.208 e. The number of aryl methyl sites for hydroxylation is 9. The molecule has 3 heterocycles. The summed E-state index contributed by atoms with van der Waals surface area (Å²) in [5, 5.41) is 4.91. The van der Waals surface area contributed by atoms with Crippen LogP contribution in [0.3, 0.4) is 0 Å². The fraction of sp³-hybridized carbons (Fsp3) is 0.0643. The zero-order valence-electron chi connectivity index (χ0n) is 84.7. The van der Waals surface area contributed by atoms with Crippen LogP contribution in [0.1, 0.15) is 50.1 Å². The maximum Gasteiger partial charge on any atom is 0.164 e. The van der Waals surface area contributed by atoms with Crippen LogP contribution < -0.4 is 0 Å². The van der Waals surface area contributed by atoms with Gasteiger partial charge in [0.05, 0.1) is 0 Å². The third-order valence-electron chi connectivity index (χ3n) is 27.3. The fourth-order valence-corrected chi connectivity index (χ4v) is 19.8. The van der Waals surface area contributed by atoms with Crippen LogP contribution >= 0.6 is 0 Å². The summed E-state index contributed by atoms with van der Waals surface area (Å²) in [7, 11) is 0. The molecule has 21 aromatic carbocycles. The first-order chi connectivity index (χ1) is 72.9. The van der Waals surface area contributed by atoms with Gasteiger partial charge in [-0.15, -0.1) is 0 Å². The number of benzene rings is 21. The van der Waals surface area contributed by atoms with Gasteiger partial charge in [-0.3, -0.25) is 0 Å². The van der Waals surface area contributed by atoms with Crippen molar-refractivity contribution < 1.29 is 0 Å². The van der Waals surface area contributed by atoms with E-state index in [9.17, 15) is 0 Å². The summed E-state index contributed by atoms with van der Waals surface area (Å²) in [5.74, 6) is 5.84. The first kappa shape index (κ1) is 95.0. The van der Waals surface area contributed by atoms with Crippen LogP contribution in [0.4, 0.5) is 0 Å². The smallest absolute Gasteiger partial charge is 0.164 e. The molecule has 0 aliphatic heterocycles. The molecule has 0 saturated heterocycles. The molecule has 9 heteroatoms. The molecule has 0 N–H and O–H groups in total. The van der Waals surface area contributed by atoms with Crippen molar-refractivity contribution in [1.82, 2.24) is 44.9 Å². The van der Waals surface area contributed by atoms with E-state index in [2.05, 4.69) is 487 Å². The molecule has 149 heavy (non-hydrogen) atoms. The summed E-state index contributed by atoms with van der Waals surface area (Å²) in [6.45, 7) is 19.2. The summed E-state index contributed by atoms with van der Waals surface area (Å²) in [4.78, 5) is 44.9. The van der Waals surface area contributed by atoms with Crippen molar-refractivity contribution >= 4 is 21.5 Å². The van der Waals surface area contributed by atoms with Gasteiger partial charge in [-0.2, -0.15) is 0 Å². The summed E-state index contributed by atoms with van der Waals surface area (Å²) < 4.78 is 0. The molecule has 0 saturated carbocycles. The molecule has 9 nitrogen and oxygen atoms in total. The monoisotopic (exact) mass is 1910 g/mol. The molecule has 0 radical (unpaired) electrons. The quantitative estimate of drug-likeness (QED) is 0.0730. The molecule has 0 fully saturated rings. The number of fused-ring (bicyclic) bond motifs is 2. The Balaban J connectivity index is 0.000000134. The number of aromatic nitrogens is 9. The normalized spacial score (nSPS) is 11.1. The highest BCUT2D eigenvalue weighted by molar-refractivity contribution is 6.13. The van der Waals surface area contributed by atoms with Crippen LogP contribution in [0.25, 0.3) is 235 Å². The van der Waals surface area contributed by atoms with Gasteiger partial charge in [0.25, 0.3) is 0 Å². The molecule has 0 bridgehead atoms. The second kappa shape index (κ2) is 42.6. The van der Waals surface area contributed by atoms with Crippen molar-refractivity contribution in [1.29, 1.82) is 0 Å². The van der Waals surface area contributed by atoms with E-state index < -0.39 is 0 Å². The second-order valence-electron chi connectivity index (χ2n) is 38.9. The molecule has 3 aromatic heterocycles. The fourth-order valence-electron chi connectivity index (χ4n) is 19.8. The van der Waals surface area contributed by atoms with Crippen molar-refractivity contribution in [3.8, 4) is 214 Å². The lowest BCUT2D eigenvalue weighted by Gasteiger charge is -2.13. The first-order valence-electron chi connectivity index (χ1n) is 50.7. The summed E-state index contributed by atoms with van der Waals surface area (Å²) >= 11 is 0. The number of hydrogen-bond donors (Lipinski definition) is 0. The molecule has 0 aliphatic carbocycles. The molecular weight excluding hydrogens is 1810 g/mol. The maximum absolute atomic E-state index is 5.18. The lowest BCUT2D eigenvalue weighted by molar-refractivity contribution is 1.07. The zero-order valence-corrected chi connectivity index (χ0v) is 84.7. The van der Waals surface area contributed by atoms with Crippen LogP contribution in [-0.4, -0.2) is 44.9 Å². The Morgan fingerprint density at radius 3 is 0.530 bits per heavy atom. The SMILES string of the molecule is Cc1cc(-c2ccccc2)cc(-c2ccc(-c3nc(-c4ccc(-c5cc(C)cc(-c6ccccc6)c5)cc4)nc(-c4cccc(C)c4)n3)cc2)c1.Cc1cc(C)cc(-c2ccc(-c3nc(-c4ccccc4)nc(-c4ccccc4)n3)cc2)c1.Cc1ccc(-c2cc(C)cc(-c3ccc(-c4nc(-c5ccc(-c6cc(C)cc(-c7ccc(C)cc7)c6)cc5)nc(-c5ccc(-c6c7ccccc7cc7ccccc67)cc5)n4)cc3)c2)cc1. The highest BCUT2D eigenvalue weighted by atomic mass is 15.1. The molecule has 0 aliphatic rings. The van der Waals surface area contributed by atoms with Gasteiger partial charge >= 0.3 is 0 Å². The van der Waals surface area contributed by atoms with Crippen LogP contribution in [0.2, 0.25) is 0 Å². The Hall–Kier alpha value is -18.8. The first-order valence-corrected chi connectivity index (χ1v) is 50.7. The molecular formula is C140H107N9. The van der Waals surface area contributed by atoms with Gasteiger partial charge < -0.3 is 0 Å². The molecule has 0 spiro atoms. The van der Waals surface area contributed by atoms with Crippen molar-refractivity contribution in [2.24, 2.45) is 0 Å². The summed E-state index contributed by atoms with van der Waals surface area (Å²) in [6, 6.07) is 172. The Kier molecular flexibility index (Phi) is 27.2. The van der Waals surface area contributed by atoms with E-state index in [1.807, 2.05) is 60.7 Å². The largest absolute Gasteiger partial charge is 0.208 e. The van der Waals surface area contributed by atoms with Crippen LogP contribution in [0.5, 0.6) is 0 Å². The number of hydrogen-bond acceptors (Lipinski definition) is 9. The molecule has 24 aromatic rings. The average Bonchev–Trinajstić information content (AvgIpc) is 0.755. The summed E-state index contributed by atoms with van der Waals surface area (Å²) in [5.41, 5.74) is 43.4. The topological polar surface area (TPSA) is 116 Å². The van der Waals surface area contributed by atoms with Gasteiger partial charge in [-0.1, -0.05) is 477 Å². The van der Waals surface area contributed by atoms with E-state index in [1.165, 1.54) is 150 Å². The van der Waals surface area contributed by atoms with Gasteiger partial charge in [0.15, 0.2) is 52.4 Å². The second-order valence-corrected chi connectivity index (χ2v) is 38.9. The standard InChI is InChI=1S/C63H47N3.C48H37N3.C29H23N3/c1-40-13-17-44(18-14-40)54-33-42(3)35-56(38-54)46-21-27-49(28-22-46)61-64-62(50-29-23-47(24-30-50)57-36-43(4)34-55(39-57)45-19-15-41(2)16-20-45)66-63(65-61)51-31-25-48(26-32-51)60-58-11-7-5-9-52(58)37-53-10-6-8-12-59(53)60;1-32-11-10-16-41(25-32)48-50-46(39-21-17-37(18-22-39)44-28-33(2)26-42(30-44)35-12-6-4-7-13-35)49-47(51-48)40-23-19-38(20-24-40)45-29-34(3)27-43(31-45)36-14-8-5-9-15-36;1-20-17-21(2)19-26(18-20)22-13-15-25(16-14-22)29-31-27(23-9-5-3-6-10-23)30-28(32-29)24-11-7-4-8-12-24/h5-39H,1-4H3;4-31H,1-3H3;3-19H,1-2H3. The molecule has 0 unspecified atom stereocenters. The van der Waals surface area contributed by atoms with Crippen molar-refractivity contribution in [2.75, 3.05) is 0 Å². The van der Waals surface area contributed by atoms with Gasteiger partial charge in [-0.05, 0) is 254 Å². The average molecular weight is 1920 g/mol. The van der Waals surface area contributed by atoms with Crippen LogP contribution in [0.15, 0.2) is 485 Å². The highest BCUT2D eigenvalue weighted by Crippen LogP contribution is 2.42. The van der Waals surface area contributed by atoms with E-state index in [-0.39, 0.29) is 0 Å². The van der Waals surface area contributed by atoms with Crippen molar-refractivity contribution in [3.63, 3.8) is 0 Å². The third-order valence-corrected chi connectivity index (χ3v) is 27.3. The minimum absolute atomic E-state index is 0.625. The predicted molar refractivity (Wildman–Crippen MR) is 620 cm³/mol. The van der Waals surface area contributed by atoms with Gasteiger partial charge in [-0.25, -0.2) is 44.9 Å². The predicted octanol–water partition coefficient (Wildman–Crippen LogP) is 36.4. The Morgan fingerprint density at radius 1 is 0.101 bits per heavy atom. The van der Waals surface area contributed by atoms with E-state index in [0.29, 0.717) is 52.4 Å². The molecule has 0 amide bonds.